The summed E-state index contributed by atoms with van der Waals surface area (Å²) in [6.45, 7) is 5.99. The molecule has 4 nitrogen and oxygen atoms in total. The van der Waals surface area contributed by atoms with Gasteiger partial charge in [-0.1, -0.05) is 38.1 Å². The number of hydrogen-bond acceptors (Lipinski definition) is 3. The number of likely N-dealkylation sites (N-methyl/N-ethyl adjacent to an activating group) is 1. The first kappa shape index (κ1) is 17.5. The zero-order valence-electron chi connectivity index (χ0n) is 14.6. The lowest BCUT2D eigenvalue weighted by molar-refractivity contribution is -0.124. The van der Waals surface area contributed by atoms with Crippen LogP contribution in [0.1, 0.15) is 50.8 Å². The van der Waals surface area contributed by atoms with Crippen LogP contribution in [0.4, 0.5) is 0 Å². The maximum absolute atomic E-state index is 12.4. The third-order valence-electron chi connectivity index (χ3n) is 5.05. The molecule has 2 atom stereocenters. The van der Waals surface area contributed by atoms with Gasteiger partial charge in [0.2, 0.25) is 5.91 Å². The Kier molecular flexibility index (Phi) is 5.43. The second-order valence-corrected chi connectivity index (χ2v) is 7.04. The van der Waals surface area contributed by atoms with E-state index in [4.69, 9.17) is 0 Å². The van der Waals surface area contributed by atoms with Gasteiger partial charge < -0.3 is 5.32 Å². The van der Waals surface area contributed by atoms with Crippen molar-refractivity contribution >= 4 is 5.91 Å². The minimum atomic E-state index is -0.817. The van der Waals surface area contributed by atoms with Gasteiger partial charge in [-0.2, -0.15) is 5.26 Å². The molecule has 1 aromatic carbocycles. The van der Waals surface area contributed by atoms with E-state index < -0.39 is 5.54 Å². The van der Waals surface area contributed by atoms with E-state index in [0.717, 1.165) is 19.3 Å². The molecule has 0 saturated heterocycles. The van der Waals surface area contributed by atoms with Crippen LogP contribution in [-0.2, 0) is 11.2 Å². The number of amides is 1. The second kappa shape index (κ2) is 7.14. The van der Waals surface area contributed by atoms with E-state index in [1.165, 1.54) is 11.1 Å². The average Bonchev–Trinajstić information content (AvgIpc) is 2.53. The molecule has 0 fully saturated rings. The van der Waals surface area contributed by atoms with E-state index in [2.05, 4.69) is 40.6 Å². The summed E-state index contributed by atoms with van der Waals surface area (Å²) in [7, 11) is 1.99. The molecule has 1 amide bonds. The molecule has 4 heteroatoms. The Morgan fingerprint density at radius 1 is 1.48 bits per heavy atom. The van der Waals surface area contributed by atoms with Crippen LogP contribution in [0.5, 0.6) is 0 Å². The van der Waals surface area contributed by atoms with Gasteiger partial charge in [-0.3, -0.25) is 9.69 Å². The smallest absolute Gasteiger partial charge is 0.235 e. The van der Waals surface area contributed by atoms with Crippen molar-refractivity contribution in [1.29, 1.82) is 5.26 Å². The normalized spacial score (nSPS) is 19.8. The maximum atomic E-state index is 12.4. The summed E-state index contributed by atoms with van der Waals surface area (Å²) < 4.78 is 0. The largest absolute Gasteiger partial charge is 0.337 e. The average molecular weight is 313 g/mol. The number of carbonyl (C=O) groups excluding carboxylic acids is 1. The summed E-state index contributed by atoms with van der Waals surface area (Å²) in [4.78, 5) is 14.5. The zero-order chi connectivity index (χ0) is 17.0. The zero-order valence-corrected chi connectivity index (χ0v) is 14.6. The van der Waals surface area contributed by atoms with Crippen molar-refractivity contribution in [3.8, 4) is 6.07 Å². The number of hydrogen-bond donors (Lipinski definition) is 1. The molecular formula is C19H27N3O. The Hall–Kier alpha value is -1.86. The molecular weight excluding hydrogens is 286 g/mol. The summed E-state index contributed by atoms with van der Waals surface area (Å²) in [6, 6.07) is 11.0. The van der Waals surface area contributed by atoms with Crippen molar-refractivity contribution in [2.45, 2.75) is 51.6 Å². The van der Waals surface area contributed by atoms with Crippen molar-refractivity contribution in [2.75, 3.05) is 13.6 Å². The lowest BCUT2D eigenvalue weighted by Crippen LogP contribution is -2.51. The number of fused-ring (bicyclic) bond motifs is 1. The summed E-state index contributed by atoms with van der Waals surface area (Å²) in [6.07, 6.45) is 3.34. The molecule has 1 aromatic rings. The lowest BCUT2D eigenvalue weighted by atomic mass is 9.87. The Morgan fingerprint density at radius 2 is 2.17 bits per heavy atom. The second-order valence-electron chi connectivity index (χ2n) is 7.04. The van der Waals surface area contributed by atoms with E-state index in [-0.39, 0.29) is 17.9 Å². The van der Waals surface area contributed by atoms with Crippen LogP contribution in [0.15, 0.2) is 24.3 Å². The van der Waals surface area contributed by atoms with Gasteiger partial charge in [0.05, 0.1) is 12.6 Å². The first-order valence-corrected chi connectivity index (χ1v) is 8.37. The number of nitriles is 1. The molecule has 0 aromatic heterocycles. The molecule has 0 unspecified atom stereocenters. The van der Waals surface area contributed by atoms with Crippen molar-refractivity contribution in [1.82, 2.24) is 10.2 Å². The highest BCUT2D eigenvalue weighted by molar-refractivity contribution is 5.79. The summed E-state index contributed by atoms with van der Waals surface area (Å²) in [5, 5.41) is 12.2. The van der Waals surface area contributed by atoms with Crippen molar-refractivity contribution < 1.29 is 4.79 Å². The highest BCUT2D eigenvalue weighted by atomic mass is 16.2. The van der Waals surface area contributed by atoms with E-state index in [0.29, 0.717) is 6.54 Å². The van der Waals surface area contributed by atoms with Crippen LogP contribution >= 0.6 is 0 Å². The molecule has 1 aliphatic carbocycles. The Labute approximate surface area is 139 Å². The van der Waals surface area contributed by atoms with Crippen LogP contribution in [0.2, 0.25) is 0 Å². The highest BCUT2D eigenvalue weighted by Crippen LogP contribution is 2.33. The fraction of sp³-hybridized carbons (Fsp3) is 0.579. The Bertz CT molecular complexity index is 605. The Balaban J connectivity index is 2.04. The molecule has 0 radical (unpaired) electrons. The minimum Gasteiger partial charge on any atom is -0.337 e. The van der Waals surface area contributed by atoms with Gasteiger partial charge in [-0.15, -0.1) is 0 Å². The molecule has 2 rings (SSSR count). The molecule has 1 aliphatic rings. The van der Waals surface area contributed by atoms with Gasteiger partial charge in [-0.25, -0.2) is 0 Å². The number of nitrogens with zero attached hydrogens (tertiary/aromatic N) is 2. The van der Waals surface area contributed by atoms with Crippen LogP contribution in [0.25, 0.3) is 0 Å². The topological polar surface area (TPSA) is 56.1 Å². The highest BCUT2D eigenvalue weighted by Gasteiger charge is 2.31. The van der Waals surface area contributed by atoms with Gasteiger partial charge in [0.15, 0.2) is 0 Å². The van der Waals surface area contributed by atoms with Gasteiger partial charge in [0, 0.05) is 6.04 Å². The number of rotatable bonds is 5. The van der Waals surface area contributed by atoms with Crippen molar-refractivity contribution in [2.24, 2.45) is 5.92 Å². The van der Waals surface area contributed by atoms with Gasteiger partial charge in [-0.05, 0) is 50.3 Å². The quantitative estimate of drug-likeness (QED) is 0.909. The predicted octanol–water partition coefficient (Wildman–Crippen LogP) is 3.05. The monoisotopic (exact) mass is 313 g/mol. The molecule has 23 heavy (non-hydrogen) atoms. The van der Waals surface area contributed by atoms with Gasteiger partial charge in [0.1, 0.15) is 5.54 Å². The molecule has 0 aliphatic heterocycles. The molecule has 0 spiro atoms. The van der Waals surface area contributed by atoms with Crippen LogP contribution in [0.3, 0.4) is 0 Å². The molecule has 1 N–H and O–H groups in total. The SMILES string of the molecule is CC(C)[C@@](C)(C#N)NC(=O)CN(C)[C@@H]1CCCc2ccccc21. The van der Waals surface area contributed by atoms with Crippen molar-refractivity contribution in [3.05, 3.63) is 35.4 Å². The number of carbonyl (C=O) groups is 1. The van der Waals surface area contributed by atoms with Crippen LogP contribution in [-0.4, -0.2) is 29.9 Å². The molecule has 0 bridgehead atoms. The first-order valence-electron chi connectivity index (χ1n) is 8.37. The number of nitrogens with one attached hydrogen (secondary N) is 1. The fourth-order valence-corrected chi connectivity index (χ4v) is 3.15. The number of benzene rings is 1. The lowest BCUT2D eigenvalue weighted by Gasteiger charge is -2.34. The fourth-order valence-electron chi connectivity index (χ4n) is 3.15. The predicted molar refractivity (Wildman–Crippen MR) is 91.7 cm³/mol. The summed E-state index contributed by atoms with van der Waals surface area (Å²) >= 11 is 0. The van der Waals surface area contributed by atoms with E-state index >= 15 is 0 Å². The third kappa shape index (κ3) is 3.92. The summed E-state index contributed by atoms with van der Waals surface area (Å²) in [5.74, 6) is -0.0227. The van der Waals surface area contributed by atoms with Gasteiger partial charge >= 0.3 is 0 Å². The van der Waals surface area contributed by atoms with Crippen LogP contribution in [0, 0.1) is 17.2 Å². The van der Waals surface area contributed by atoms with E-state index in [1.54, 1.807) is 6.92 Å². The molecule has 0 heterocycles. The standard InChI is InChI=1S/C19H27N3O/c1-14(2)19(3,13-20)21-18(23)12-22(4)17-11-7-9-15-8-5-6-10-16(15)17/h5-6,8,10,14,17H,7,9,11-12H2,1-4H3,(H,21,23)/t17-,19-/m1/s1. The Morgan fingerprint density at radius 3 is 2.83 bits per heavy atom. The summed E-state index contributed by atoms with van der Waals surface area (Å²) in [5.41, 5.74) is 1.91. The minimum absolute atomic E-state index is 0.0668. The molecule has 0 saturated carbocycles. The first-order chi connectivity index (χ1) is 10.9. The molecule has 124 valence electrons. The van der Waals surface area contributed by atoms with Gasteiger partial charge in [0.25, 0.3) is 0 Å². The van der Waals surface area contributed by atoms with E-state index in [9.17, 15) is 10.1 Å². The third-order valence-corrected chi connectivity index (χ3v) is 5.05. The van der Waals surface area contributed by atoms with Crippen molar-refractivity contribution in [3.63, 3.8) is 0 Å². The number of aryl methyl sites for hydroxylation is 1. The van der Waals surface area contributed by atoms with E-state index in [1.807, 2.05) is 20.9 Å². The van der Waals surface area contributed by atoms with Crippen LogP contribution < -0.4 is 5.32 Å². The maximum Gasteiger partial charge on any atom is 0.235 e.